The molecule has 20 heavy (non-hydrogen) atoms. The van der Waals surface area contributed by atoms with Crippen LogP contribution in [0.3, 0.4) is 0 Å². The van der Waals surface area contributed by atoms with Crippen LogP contribution in [0.2, 0.25) is 5.02 Å². The highest BCUT2D eigenvalue weighted by Gasteiger charge is 2.37. The number of carbonyl (C=O) groups is 1. The van der Waals surface area contributed by atoms with Crippen molar-refractivity contribution in [2.45, 2.75) is 6.04 Å². The van der Waals surface area contributed by atoms with Crippen molar-refractivity contribution in [3.8, 4) is 0 Å². The third-order valence-corrected chi connectivity index (χ3v) is 3.78. The molecule has 1 amide bonds. The second kappa shape index (κ2) is 5.23. The van der Waals surface area contributed by atoms with E-state index in [2.05, 4.69) is 5.32 Å². The van der Waals surface area contributed by atoms with E-state index in [4.69, 9.17) is 23.8 Å². The molecule has 1 unspecified atom stereocenters. The molecule has 1 heterocycles. The summed E-state index contributed by atoms with van der Waals surface area (Å²) < 4.78 is 0. The van der Waals surface area contributed by atoms with Gasteiger partial charge in [-0.3, -0.25) is 9.69 Å². The number of hydrogen-bond acceptors (Lipinski definition) is 2. The van der Waals surface area contributed by atoms with Crippen LogP contribution in [0.5, 0.6) is 0 Å². The first kappa shape index (κ1) is 13.1. The molecule has 0 aliphatic carbocycles. The van der Waals surface area contributed by atoms with Crippen LogP contribution < -0.4 is 10.2 Å². The quantitative estimate of drug-likeness (QED) is 0.864. The van der Waals surface area contributed by atoms with Crippen molar-refractivity contribution in [2.75, 3.05) is 4.90 Å². The smallest absolute Gasteiger partial charge is 0.260 e. The van der Waals surface area contributed by atoms with Gasteiger partial charge in [0.05, 0.1) is 10.7 Å². The van der Waals surface area contributed by atoms with Crippen molar-refractivity contribution < 1.29 is 4.79 Å². The number of benzene rings is 2. The lowest BCUT2D eigenvalue weighted by Crippen LogP contribution is -2.30. The lowest BCUT2D eigenvalue weighted by molar-refractivity contribution is -0.118. The number of nitrogens with zero attached hydrogens (tertiary/aromatic N) is 1. The minimum atomic E-state index is -0.458. The number of carbonyl (C=O) groups excluding carboxylic acids is 1. The van der Waals surface area contributed by atoms with Crippen molar-refractivity contribution in [3.63, 3.8) is 0 Å². The normalized spacial score (nSPS) is 18.2. The standard InChI is InChI=1S/C15H11ClN2OS/c16-11-8-4-5-9-12(11)18-14(19)13(17-15(18)20)10-6-2-1-3-7-10/h1-9,13H,(H,17,20). The minimum Gasteiger partial charge on any atom is -0.346 e. The zero-order valence-corrected chi connectivity index (χ0v) is 12.0. The highest BCUT2D eigenvalue weighted by molar-refractivity contribution is 7.80. The third kappa shape index (κ3) is 2.17. The monoisotopic (exact) mass is 302 g/mol. The molecule has 2 aromatic rings. The van der Waals surface area contributed by atoms with Crippen LogP contribution in [0.25, 0.3) is 0 Å². The van der Waals surface area contributed by atoms with Gasteiger partial charge in [0.25, 0.3) is 5.91 Å². The molecule has 0 saturated carbocycles. The van der Waals surface area contributed by atoms with Crippen molar-refractivity contribution in [2.24, 2.45) is 0 Å². The molecular formula is C15H11ClN2OS. The molecule has 1 aliphatic rings. The molecule has 1 N–H and O–H groups in total. The van der Waals surface area contributed by atoms with Crippen molar-refractivity contribution in [1.29, 1.82) is 0 Å². The Kier molecular flexibility index (Phi) is 3.42. The lowest BCUT2D eigenvalue weighted by Gasteiger charge is -2.16. The largest absolute Gasteiger partial charge is 0.346 e. The Morgan fingerprint density at radius 3 is 2.40 bits per heavy atom. The second-order valence-electron chi connectivity index (χ2n) is 4.42. The topological polar surface area (TPSA) is 32.3 Å². The first-order valence-electron chi connectivity index (χ1n) is 6.12. The van der Waals surface area contributed by atoms with E-state index < -0.39 is 6.04 Å². The number of para-hydroxylation sites is 1. The molecule has 1 atom stereocenters. The van der Waals surface area contributed by atoms with Crippen molar-refractivity contribution >= 4 is 40.5 Å². The van der Waals surface area contributed by atoms with Crippen LogP contribution >= 0.6 is 23.8 Å². The fourth-order valence-corrected chi connectivity index (χ4v) is 2.74. The summed E-state index contributed by atoms with van der Waals surface area (Å²) in [4.78, 5) is 14.0. The van der Waals surface area contributed by atoms with E-state index in [1.54, 1.807) is 12.1 Å². The van der Waals surface area contributed by atoms with E-state index in [0.717, 1.165) is 5.56 Å². The van der Waals surface area contributed by atoms with Gasteiger partial charge in [0.1, 0.15) is 6.04 Å². The van der Waals surface area contributed by atoms with Gasteiger partial charge in [0.2, 0.25) is 0 Å². The van der Waals surface area contributed by atoms with Gasteiger partial charge in [-0.25, -0.2) is 0 Å². The highest BCUT2D eigenvalue weighted by atomic mass is 35.5. The zero-order chi connectivity index (χ0) is 14.1. The average molecular weight is 303 g/mol. The molecule has 1 saturated heterocycles. The number of nitrogens with one attached hydrogen (secondary N) is 1. The fraction of sp³-hybridized carbons (Fsp3) is 0.0667. The van der Waals surface area contributed by atoms with Gasteiger partial charge in [0.15, 0.2) is 5.11 Å². The zero-order valence-electron chi connectivity index (χ0n) is 10.4. The maximum atomic E-state index is 12.6. The van der Waals surface area contributed by atoms with E-state index in [0.29, 0.717) is 15.8 Å². The minimum absolute atomic E-state index is 0.116. The molecule has 1 aliphatic heterocycles. The maximum absolute atomic E-state index is 12.6. The van der Waals surface area contributed by atoms with Gasteiger partial charge in [-0.15, -0.1) is 0 Å². The molecule has 1 fully saturated rings. The van der Waals surface area contributed by atoms with Crippen LogP contribution in [0.1, 0.15) is 11.6 Å². The van der Waals surface area contributed by atoms with Gasteiger partial charge in [0, 0.05) is 0 Å². The van der Waals surface area contributed by atoms with Crippen molar-refractivity contribution in [3.05, 3.63) is 65.2 Å². The molecule has 5 heteroatoms. The van der Waals surface area contributed by atoms with E-state index in [9.17, 15) is 4.79 Å². The Bertz CT molecular complexity index is 675. The summed E-state index contributed by atoms with van der Waals surface area (Å²) in [7, 11) is 0. The Hall–Kier alpha value is -1.91. The van der Waals surface area contributed by atoms with Gasteiger partial charge in [-0.05, 0) is 29.9 Å². The Labute approximate surface area is 127 Å². The number of rotatable bonds is 2. The molecule has 3 rings (SSSR count). The molecule has 0 spiro atoms. The van der Waals surface area contributed by atoms with Crippen LogP contribution in [0, 0.1) is 0 Å². The van der Waals surface area contributed by atoms with E-state index in [-0.39, 0.29) is 5.91 Å². The molecule has 0 bridgehead atoms. The first-order valence-corrected chi connectivity index (χ1v) is 6.91. The maximum Gasteiger partial charge on any atom is 0.260 e. The summed E-state index contributed by atoms with van der Waals surface area (Å²) in [5, 5.41) is 3.92. The molecule has 0 aromatic heterocycles. The van der Waals surface area contributed by atoms with Crippen molar-refractivity contribution in [1.82, 2.24) is 5.32 Å². The molecule has 0 radical (unpaired) electrons. The summed E-state index contributed by atoms with van der Waals surface area (Å²) in [5.41, 5.74) is 1.49. The molecule has 2 aromatic carbocycles. The predicted molar refractivity (Wildman–Crippen MR) is 83.9 cm³/mol. The fourth-order valence-electron chi connectivity index (χ4n) is 2.21. The van der Waals surface area contributed by atoms with Gasteiger partial charge in [-0.2, -0.15) is 0 Å². The van der Waals surface area contributed by atoms with Gasteiger partial charge in [-0.1, -0.05) is 54.1 Å². The molecular weight excluding hydrogens is 292 g/mol. The first-order chi connectivity index (χ1) is 9.68. The number of thiocarbonyl (C=S) groups is 1. The summed E-state index contributed by atoms with van der Waals surface area (Å²) in [6.45, 7) is 0. The van der Waals surface area contributed by atoms with E-state index in [1.807, 2.05) is 42.5 Å². The Morgan fingerprint density at radius 2 is 1.70 bits per heavy atom. The third-order valence-electron chi connectivity index (χ3n) is 3.16. The van der Waals surface area contributed by atoms with Crippen LogP contribution in [-0.4, -0.2) is 11.0 Å². The average Bonchev–Trinajstić information content (AvgIpc) is 2.76. The molecule has 100 valence electrons. The Morgan fingerprint density at radius 1 is 1.05 bits per heavy atom. The summed E-state index contributed by atoms with van der Waals surface area (Å²) >= 11 is 11.4. The summed E-state index contributed by atoms with van der Waals surface area (Å²) in [5.74, 6) is -0.116. The van der Waals surface area contributed by atoms with Gasteiger partial charge >= 0.3 is 0 Å². The predicted octanol–water partition coefficient (Wildman–Crippen LogP) is 3.30. The van der Waals surface area contributed by atoms with Crippen LogP contribution in [0.4, 0.5) is 5.69 Å². The lowest BCUT2D eigenvalue weighted by atomic mass is 10.1. The summed E-state index contributed by atoms with van der Waals surface area (Å²) in [6.07, 6.45) is 0. The number of amides is 1. The molecule has 3 nitrogen and oxygen atoms in total. The van der Waals surface area contributed by atoms with Crippen LogP contribution in [-0.2, 0) is 4.79 Å². The summed E-state index contributed by atoms with van der Waals surface area (Å²) in [6, 6.07) is 16.2. The number of hydrogen-bond donors (Lipinski definition) is 1. The SMILES string of the molecule is O=C1C(c2ccccc2)NC(=S)N1c1ccccc1Cl. The number of anilines is 1. The highest BCUT2D eigenvalue weighted by Crippen LogP contribution is 2.31. The van der Waals surface area contributed by atoms with E-state index in [1.165, 1.54) is 4.90 Å². The number of halogens is 1. The second-order valence-corrected chi connectivity index (χ2v) is 5.21. The van der Waals surface area contributed by atoms with E-state index >= 15 is 0 Å². The van der Waals surface area contributed by atoms with Gasteiger partial charge < -0.3 is 5.32 Å². The Balaban J connectivity index is 1.98. The van der Waals surface area contributed by atoms with Crippen LogP contribution in [0.15, 0.2) is 54.6 Å².